The lowest BCUT2D eigenvalue weighted by Gasteiger charge is -2.25. The highest BCUT2D eigenvalue weighted by Crippen LogP contribution is 2.22. The topological polar surface area (TPSA) is 115 Å². The Balaban J connectivity index is 1.36. The second-order valence-electron chi connectivity index (χ2n) is 8.66. The minimum atomic E-state index is -0.187. The number of nitrogens with one attached hydrogen (secondary N) is 2. The zero-order chi connectivity index (χ0) is 24.8. The van der Waals surface area contributed by atoms with Gasteiger partial charge in [-0.1, -0.05) is 18.2 Å². The number of hydrogen-bond acceptors (Lipinski definition) is 5. The number of carbonyl (C=O) groups is 2. The summed E-state index contributed by atoms with van der Waals surface area (Å²) in [4.78, 5) is 27.7. The Hall–Kier alpha value is -3.43. The van der Waals surface area contributed by atoms with E-state index >= 15 is 0 Å². The molecule has 0 aromatic heterocycles. The Labute approximate surface area is 209 Å². The van der Waals surface area contributed by atoms with Gasteiger partial charge >= 0.3 is 0 Å². The molecule has 0 fully saturated rings. The summed E-state index contributed by atoms with van der Waals surface area (Å²) in [5.74, 6) is -0.362. The molecule has 180 valence electrons. The maximum absolute atomic E-state index is 12.9. The van der Waals surface area contributed by atoms with Crippen molar-refractivity contribution in [1.29, 1.82) is 0 Å². The molecule has 0 saturated heterocycles. The fourth-order valence-corrected chi connectivity index (χ4v) is 4.37. The second kappa shape index (κ2) is 11.3. The van der Waals surface area contributed by atoms with E-state index in [1.54, 1.807) is 29.7 Å². The van der Waals surface area contributed by atoms with Crippen LogP contribution in [0.4, 0.5) is 5.69 Å². The van der Waals surface area contributed by atoms with E-state index in [4.69, 9.17) is 5.14 Å². The monoisotopic (exact) mass is 488 g/mol. The summed E-state index contributed by atoms with van der Waals surface area (Å²) >= 11 is 1.10. The Morgan fingerprint density at radius 3 is 2.54 bits per heavy atom. The number of anilines is 1. The van der Waals surface area contributed by atoms with Crippen molar-refractivity contribution in [3.63, 3.8) is 0 Å². The summed E-state index contributed by atoms with van der Waals surface area (Å²) in [6.07, 6.45) is 1.03. The third-order valence-corrected chi connectivity index (χ3v) is 6.46. The lowest BCUT2D eigenvalue weighted by atomic mass is 9.99. The number of hydrogen-bond donors (Lipinski definition) is 4. The molecule has 0 aliphatic carbocycles. The quantitative estimate of drug-likeness (QED) is 0.382. The number of rotatable bonds is 7. The molecule has 0 saturated carbocycles. The SMILES string of the molecule is CN1CCc2ccc(NC(=O)c3cccc(CNC(=O)c4ccc(C([NH3+])=CSN)cc4)c3)cc2C1. The molecule has 7 N–H and O–H groups in total. The van der Waals surface area contributed by atoms with Gasteiger partial charge in [-0.15, -0.1) is 0 Å². The Kier molecular flexibility index (Phi) is 7.99. The van der Waals surface area contributed by atoms with Gasteiger partial charge in [0.2, 0.25) is 0 Å². The van der Waals surface area contributed by atoms with Crippen LogP contribution in [-0.2, 0) is 19.5 Å². The van der Waals surface area contributed by atoms with Gasteiger partial charge in [0, 0.05) is 47.4 Å². The van der Waals surface area contributed by atoms with E-state index in [1.165, 1.54) is 11.1 Å². The van der Waals surface area contributed by atoms with Gasteiger partial charge in [-0.05, 0) is 90.6 Å². The van der Waals surface area contributed by atoms with E-state index in [1.807, 2.05) is 30.3 Å². The van der Waals surface area contributed by atoms with Gasteiger partial charge in [0.25, 0.3) is 11.8 Å². The smallest absolute Gasteiger partial charge is 0.255 e. The van der Waals surface area contributed by atoms with Gasteiger partial charge in [0.15, 0.2) is 0 Å². The summed E-state index contributed by atoms with van der Waals surface area (Å²) in [5, 5.41) is 13.1. The maximum Gasteiger partial charge on any atom is 0.255 e. The molecule has 0 radical (unpaired) electrons. The van der Waals surface area contributed by atoms with Gasteiger partial charge in [-0.2, -0.15) is 0 Å². The number of likely N-dealkylation sites (N-methyl/N-ethyl adjacent to an activating group) is 1. The lowest BCUT2D eigenvalue weighted by molar-refractivity contribution is -0.243. The van der Waals surface area contributed by atoms with Crippen LogP contribution in [-0.4, -0.2) is 30.3 Å². The summed E-state index contributed by atoms with van der Waals surface area (Å²) in [6, 6.07) is 20.6. The predicted octanol–water partition coefficient (Wildman–Crippen LogP) is 3.00. The molecule has 0 bridgehead atoms. The number of nitrogens with two attached hydrogens (primary N) is 1. The maximum atomic E-state index is 12.9. The average molecular weight is 489 g/mol. The highest BCUT2D eigenvalue weighted by Gasteiger charge is 2.15. The molecule has 2 amide bonds. The van der Waals surface area contributed by atoms with Crippen LogP contribution in [0, 0.1) is 0 Å². The third kappa shape index (κ3) is 6.37. The molecule has 1 heterocycles. The first-order valence-corrected chi connectivity index (χ1v) is 12.3. The third-order valence-electron chi connectivity index (χ3n) is 6.04. The minimum Gasteiger partial charge on any atom is -0.348 e. The van der Waals surface area contributed by atoms with Crippen molar-refractivity contribution in [2.45, 2.75) is 19.5 Å². The first-order valence-electron chi connectivity index (χ1n) is 11.4. The van der Waals surface area contributed by atoms with Crippen LogP contribution in [0.2, 0.25) is 0 Å². The van der Waals surface area contributed by atoms with Gasteiger partial charge in [-0.25, -0.2) is 0 Å². The zero-order valence-electron chi connectivity index (χ0n) is 19.7. The molecule has 7 nitrogen and oxygen atoms in total. The number of carbonyl (C=O) groups excluding carboxylic acids is 2. The molecule has 3 aromatic rings. The number of amides is 2. The van der Waals surface area contributed by atoms with Crippen molar-refractivity contribution >= 4 is 35.1 Å². The van der Waals surface area contributed by atoms with E-state index in [9.17, 15) is 9.59 Å². The normalized spacial score (nSPS) is 13.7. The van der Waals surface area contributed by atoms with Crippen molar-refractivity contribution in [2.24, 2.45) is 5.14 Å². The summed E-state index contributed by atoms with van der Waals surface area (Å²) in [7, 11) is 2.10. The summed E-state index contributed by atoms with van der Waals surface area (Å²) in [5.41, 5.74) is 11.0. The van der Waals surface area contributed by atoms with E-state index < -0.39 is 0 Å². The molecule has 0 atom stereocenters. The van der Waals surface area contributed by atoms with Crippen molar-refractivity contribution in [2.75, 3.05) is 18.9 Å². The number of nitrogens with zero attached hydrogens (tertiary/aromatic N) is 1. The van der Waals surface area contributed by atoms with Crippen LogP contribution in [0.5, 0.6) is 0 Å². The molecule has 4 rings (SSSR count). The molecule has 0 unspecified atom stereocenters. The molecule has 35 heavy (non-hydrogen) atoms. The van der Waals surface area contributed by atoms with Gasteiger partial charge < -0.3 is 21.3 Å². The largest absolute Gasteiger partial charge is 0.348 e. The van der Waals surface area contributed by atoms with Gasteiger partial charge in [0.1, 0.15) is 5.70 Å². The fraction of sp³-hybridized carbons (Fsp3) is 0.185. The zero-order valence-corrected chi connectivity index (χ0v) is 20.5. The lowest BCUT2D eigenvalue weighted by Crippen LogP contribution is -2.45. The molecular weight excluding hydrogens is 458 g/mol. The highest BCUT2D eigenvalue weighted by molar-refractivity contribution is 8.00. The van der Waals surface area contributed by atoms with E-state index in [0.29, 0.717) is 17.7 Å². The average Bonchev–Trinajstić information content (AvgIpc) is 2.87. The molecule has 1 aliphatic heterocycles. The van der Waals surface area contributed by atoms with Crippen LogP contribution in [0.25, 0.3) is 5.70 Å². The van der Waals surface area contributed by atoms with Crippen molar-refractivity contribution in [3.05, 3.63) is 106 Å². The van der Waals surface area contributed by atoms with Crippen LogP contribution in [0.3, 0.4) is 0 Å². The molecule has 3 aromatic carbocycles. The van der Waals surface area contributed by atoms with Crippen LogP contribution >= 0.6 is 11.9 Å². The van der Waals surface area contributed by atoms with Crippen molar-refractivity contribution in [3.8, 4) is 0 Å². The predicted molar refractivity (Wildman–Crippen MR) is 141 cm³/mol. The molecule has 1 aliphatic rings. The first kappa shape index (κ1) is 24.7. The number of benzene rings is 3. The van der Waals surface area contributed by atoms with Crippen LogP contribution in [0.15, 0.2) is 72.1 Å². The minimum absolute atomic E-state index is 0.175. The first-order chi connectivity index (χ1) is 16.9. The standard InChI is InChI=1S/C27H29N5O2S/c1-32-12-11-19-9-10-24(14-23(19)16-32)31-27(34)22-4-2-3-18(13-22)15-30-26(33)21-7-5-20(6-8-21)25(28)17-35-29/h2-10,13-14,17H,11-12,15-16,28-29H2,1H3,(H,30,33)(H,31,34)/p+1. The van der Waals surface area contributed by atoms with Gasteiger partial charge in [-0.3, -0.25) is 14.7 Å². The molecular formula is C27H30N5O2S+. The summed E-state index contributed by atoms with van der Waals surface area (Å²) < 4.78 is 0. The van der Waals surface area contributed by atoms with E-state index in [0.717, 1.165) is 54.0 Å². The Morgan fingerprint density at radius 2 is 1.77 bits per heavy atom. The number of quaternary nitrogens is 1. The van der Waals surface area contributed by atoms with Crippen LogP contribution in [0.1, 0.15) is 43.0 Å². The van der Waals surface area contributed by atoms with Crippen LogP contribution < -0.4 is 21.5 Å². The summed E-state index contributed by atoms with van der Waals surface area (Å²) in [6.45, 7) is 2.25. The highest BCUT2D eigenvalue weighted by atomic mass is 32.2. The van der Waals surface area contributed by atoms with Crippen molar-refractivity contribution in [1.82, 2.24) is 10.2 Å². The molecule has 8 heteroatoms. The number of fused-ring (bicyclic) bond motifs is 1. The second-order valence-corrected chi connectivity index (χ2v) is 9.17. The molecule has 0 spiro atoms. The van der Waals surface area contributed by atoms with Gasteiger partial charge in [0.05, 0.1) is 0 Å². The Bertz CT molecular complexity index is 1260. The van der Waals surface area contributed by atoms with Crippen molar-refractivity contribution < 1.29 is 15.3 Å². The Morgan fingerprint density at radius 1 is 1.00 bits per heavy atom. The van der Waals surface area contributed by atoms with E-state index in [-0.39, 0.29) is 11.8 Å². The van der Waals surface area contributed by atoms with E-state index in [2.05, 4.69) is 40.4 Å². The fourth-order valence-electron chi connectivity index (χ4n) is 4.07.